The van der Waals surface area contributed by atoms with Crippen LogP contribution in [0.25, 0.3) is 0 Å². The largest absolute Gasteiger partial charge is 0.393 e. The van der Waals surface area contributed by atoms with Crippen molar-refractivity contribution in [2.75, 3.05) is 30.0 Å². The van der Waals surface area contributed by atoms with Crippen LogP contribution < -0.4 is 16.4 Å². The average Bonchev–Trinajstić information content (AvgIpc) is 2.37. The van der Waals surface area contributed by atoms with E-state index in [1.54, 1.807) is 7.05 Å². The summed E-state index contributed by atoms with van der Waals surface area (Å²) in [6.45, 7) is 0.723. The van der Waals surface area contributed by atoms with Crippen molar-refractivity contribution in [3.63, 3.8) is 0 Å². The molecule has 1 aliphatic rings. The molecule has 2 unspecified atom stereocenters. The van der Waals surface area contributed by atoms with Crippen LogP contribution in [-0.2, 0) is 0 Å². The Hall–Kier alpha value is -1.56. The van der Waals surface area contributed by atoms with E-state index in [4.69, 9.17) is 5.73 Å². The molecule has 0 spiro atoms. The summed E-state index contributed by atoms with van der Waals surface area (Å²) in [7, 11) is 1.79. The standard InChI is InChI=1S/C12H21N5O/c1-14-10-6-11(17-12(13)16-10)15-7-8-4-2-3-5-9(8)18/h6,8-9,18H,2-5,7H2,1H3,(H4,13,14,15,16,17). The predicted octanol–water partition coefficient (Wildman–Crippen LogP) is 1.06. The van der Waals surface area contributed by atoms with Crippen molar-refractivity contribution in [2.24, 2.45) is 5.92 Å². The summed E-state index contributed by atoms with van der Waals surface area (Å²) >= 11 is 0. The molecule has 6 nitrogen and oxygen atoms in total. The Labute approximate surface area is 107 Å². The van der Waals surface area contributed by atoms with Crippen molar-refractivity contribution in [1.29, 1.82) is 0 Å². The van der Waals surface area contributed by atoms with Gasteiger partial charge in [-0.15, -0.1) is 0 Å². The molecule has 1 saturated carbocycles. The molecule has 1 heterocycles. The number of aliphatic hydroxyl groups excluding tert-OH is 1. The van der Waals surface area contributed by atoms with E-state index in [1.807, 2.05) is 6.07 Å². The molecule has 6 heteroatoms. The smallest absolute Gasteiger partial charge is 0.223 e. The number of nitrogens with zero attached hydrogens (tertiary/aromatic N) is 2. The first-order chi connectivity index (χ1) is 8.69. The van der Waals surface area contributed by atoms with Gasteiger partial charge in [-0.05, 0) is 12.8 Å². The molecular weight excluding hydrogens is 230 g/mol. The van der Waals surface area contributed by atoms with Gasteiger partial charge in [-0.3, -0.25) is 0 Å². The van der Waals surface area contributed by atoms with Crippen LogP contribution in [0.3, 0.4) is 0 Å². The molecule has 0 bridgehead atoms. The molecule has 5 N–H and O–H groups in total. The number of nitrogens with one attached hydrogen (secondary N) is 2. The van der Waals surface area contributed by atoms with Crippen molar-refractivity contribution in [3.05, 3.63) is 6.07 Å². The highest BCUT2D eigenvalue weighted by molar-refractivity contribution is 5.50. The van der Waals surface area contributed by atoms with E-state index in [0.29, 0.717) is 17.6 Å². The van der Waals surface area contributed by atoms with E-state index in [0.717, 1.165) is 25.8 Å². The molecule has 1 aliphatic carbocycles. The van der Waals surface area contributed by atoms with Crippen LogP contribution in [0.15, 0.2) is 6.07 Å². The minimum Gasteiger partial charge on any atom is -0.393 e. The summed E-state index contributed by atoms with van der Waals surface area (Å²) in [4.78, 5) is 8.15. The Morgan fingerprint density at radius 2 is 2.06 bits per heavy atom. The van der Waals surface area contributed by atoms with E-state index in [-0.39, 0.29) is 12.1 Å². The van der Waals surface area contributed by atoms with Crippen LogP contribution in [0.1, 0.15) is 25.7 Å². The molecule has 0 aromatic carbocycles. The zero-order valence-corrected chi connectivity index (χ0v) is 10.7. The van der Waals surface area contributed by atoms with Gasteiger partial charge in [0, 0.05) is 25.6 Å². The van der Waals surface area contributed by atoms with Gasteiger partial charge in [0.25, 0.3) is 0 Å². The summed E-state index contributed by atoms with van der Waals surface area (Å²) in [5.41, 5.74) is 5.62. The maximum Gasteiger partial charge on any atom is 0.223 e. The number of hydrogen-bond acceptors (Lipinski definition) is 6. The summed E-state index contributed by atoms with van der Waals surface area (Å²) < 4.78 is 0. The number of nitrogen functional groups attached to an aromatic ring is 1. The fourth-order valence-corrected chi connectivity index (χ4v) is 2.35. The van der Waals surface area contributed by atoms with Crippen LogP contribution in [0.5, 0.6) is 0 Å². The third-order valence-electron chi connectivity index (χ3n) is 3.41. The third kappa shape index (κ3) is 3.22. The summed E-state index contributed by atoms with van der Waals surface area (Å²) in [5.74, 6) is 1.93. The molecule has 18 heavy (non-hydrogen) atoms. The van der Waals surface area contributed by atoms with Gasteiger partial charge in [-0.2, -0.15) is 9.97 Å². The zero-order valence-electron chi connectivity index (χ0n) is 10.7. The minimum atomic E-state index is -0.200. The highest BCUT2D eigenvalue weighted by Gasteiger charge is 2.22. The van der Waals surface area contributed by atoms with Gasteiger partial charge >= 0.3 is 0 Å². The molecule has 0 radical (unpaired) electrons. The number of rotatable bonds is 4. The van der Waals surface area contributed by atoms with E-state index < -0.39 is 0 Å². The van der Waals surface area contributed by atoms with Crippen LogP contribution in [0, 0.1) is 5.92 Å². The van der Waals surface area contributed by atoms with Gasteiger partial charge in [-0.25, -0.2) is 0 Å². The second-order valence-electron chi connectivity index (χ2n) is 4.74. The number of aliphatic hydroxyl groups is 1. The Morgan fingerprint density at radius 1 is 1.33 bits per heavy atom. The first kappa shape index (κ1) is 12.9. The molecule has 1 aromatic heterocycles. The maximum atomic E-state index is 9.89. The van der Waals surface area contributed by atoms with Crippen LogP contribution in [-0.4, -0.2) is 34.8 Å². The van der Waals surface area contributed by atoms with Crippen molar-refractivity contribution < 1.29 is 5.11 Å². The van der Waals surface area contributed by atoms with E-state index in [2.05, 4.69) is 20.6 Å². The zero-order chi connectivity index (χ0) is 13.0. The molecular formula is C12H21N5O. The topological polar surface area (TPSA) is 96.1 Å². The lowest BCUT2D eigenvalue weighted by Gasteiger charge is -2.27. The molecule has 100 valence electrons. The number of aromatic nitrogens is 2. The highest BCUT2D eigenvalue weighted by atomic mass is 16.3. The Morgan fingerprint density at radius 3 is 2.78 bits per heavy atom. The van der Waals surface area contributed by atoms with Gasteiger partial charge in [0.1, 0.15) is 11.6 Å². The van der Waals surface area contributed by atoms with Gasteiger partial charge in [0.2, 0.25) is 5.95 Å². The van der Waals surface area contributed by atoms with Crippen LogP contribution in [0.4, 0.5) is 17.6 Å². The molecule has 0 amide bonds. The fourth-order valence-electron chi connectivity index (χ4n) is 2.35. The lowest BCUT2D eigenvalue weighted by molar-refractivity contribution is 0.0763. The van der Waals surface area contributed by atoms with Crippen molar-refractivity contribution >= 4 is 17.6 Å². The maximum absolute atomic E-state index is 9.89. The van der Waals surface area contributed by atoms with E-state index in [1.165, 1.54) is 6.42 Å². The first-order valence-corrected chi connectivity index (χ1v) is 6.43. The number of anilines is 3. The second kappa shape index (κ2) is 5.86. The minimum absolute atomic E-state index is 0.200. The Kier molecular flexibility index (Phi) is 4.19. The van der Waals surface area contributed by atoms with Crippen LogP contribution in [0.2, 0.25) is 0 Å². The molecule has 1 aromatic rings. The summed E-state index contributed by atoms with van der Waals surface area (Å²) in [5, 5.41) is 16.1. The van der Waals surface area contributed by atoms with Crippen molar-refractivity contribution in [3.8, 4) is 0 Å². The quantitative estimate of drug-likeness (QED) is 0.639. The van der Waals surface area contributed by atoms with Gasteiger partial charge in [-0.1, -0.05) is 12.8 Å². The molecule has 1 fully saturated rings. The van der Waals surface area contributed by atoms with Gasteiger partial charge in [0.15, 0.2) is 0 Å². The first-order valence-electron chi connectivity index (χ1n) is 6.43. The molecule has 2 rings (SSSR count). The SMILES string of the molecule is CNc1cc(NCC2CCCCC2O)nc(N)n1. The summed E-state index contributed by atoms with van der Waals surface area (Å²) in [6, 6.07) is 1.81. The molecule has 0 aliphatic heterocycles. The third-order valence-corrected chi connectivity index (χ3v) is 3.41. The lowest BCUT2D eigenvalue weighted by Crippen LogP contribution is -2.30. The number of nitrogens with two attached hydrogens (primary N) is 1. The number of hydrogen-bond donors (Lipinski definition) is 4. The highest BCUT2D eigenvalue weighted by Crippen LogP contribution is 2.24. The second-order valence-corrected chi connectivity index (χ2v) is 4.74. The summed E-state index contributed by atoms with van der Waals surface area (Å²) in [6.07, 6.45) is 4.08. The van der Waals surface area contributed by atoms with Gasteiger partial charge < -0.3 is 21.5 Å². The van der Waals surface area contributed by atoms with Crippen LogP contribution >= 0.6 is 0 Å². The predicted molar refractivity (Wildman–Crippen MR) is 72.4 cm³/mol. The Balaban J connectivity index is 1.94. The lowest BCUT2D eigenvalue weighted by atomic mass is 9.86. The fraction of sp³-hybridized carbons (Fsp3) is 0.667. The Bertz CT molecular complexity index is 398. The normalized spacial score (nSPS) is 23.7. The monoisotopic (exact) mass is 251 g/mol. The van der Waals surface area contributed by atoms with Gasteiger partial charge in [0.05, 0.1) is 6.10 Å². The van der Waals surface area contributed by atoms with Crippen molar-refractivity contribution in [1.82, 2.24) is 9.97 Å². The van der Waals surface area contributed by atoms with E-state index in [9.17, 15) is 5.11 Å². The molecule has 0 saturated heterocycles. The molecule has 2 atom stereocenters. The average molecular weight is 251 g/mol. The van der Waals surface area contributed by atoms with E-state index >= 15 is 0 Å². The van der Waals surface area contributed by atoms with Crippen molar-refractivity contribution in [2.45, 2.75) is 31.8 Å².